The smallest absolute Gasteiger partial charge is 0.272 e. The summed E-state index contributed by atoms with van der Waals surface area (Å²) in [6.07, 6.45) is 3.35. The number of carbonyl (C=O) groups is 1. The number of hydrogen-bond donors (Lipinski definition) is 0. The van der Waals surface area contributed by atoms with Crippen LogP contribution in [0.2, 0.25) is 0 Å². The summed E-state index contributed by atoms with van der Waals surface area (Å²) in [6.45, 7) is 3.17. The molecule has 1 aromatic carbocycles. The third kappa shape index (κ3) is 2.72. The zero-order chi connectivity index (χ0) is 13.8. The molecule has 0 atom stereocenters. The van der Waals surface area contributed by atoms with Gasteiger partial charge in [-0.15, -0.1) is 0 Å². The maximum atomic E-state index is 12.5. The Hall–Kier alpha value is -2.14. The Bertz CT molecular complexity index is 574. The van der Waals surface area contributed by atoms with Gasteiger partial charge in [0.05, 0.1) is 25.7 Å². The predicted molar refractivity (Wildman–Crippen MR) is 74.5 cm³/mol. The van der Waals surface area contributed by atoms with Crippen LogP contribution in [0.15, 0.2) is 42.9 Å². The Morgan fingerprint density at radius 2 is 1.95 bits per heavy atom. The minimum Gasteiger partial charge on any atom is -0.378 e. The minimum absolute atomic E-state index is 0.0294. The number of ether oxygens (including phenoxy) is 1. The summed E-state index contributed by atoms with van der Waals surface area (Å²) in [5, 5.41) is 0. The number of morpholine rings is 1. The number of rotatable bonds is 3. The molecule has 0 radical (unpaired) electrons. The van der Waals surface area contributed by atoms with Crippen LogP contribution in [0.1, 0.15) is 16.1 Å². The zero-order valence-corrected chi connectivity index (χ0v) is 11.2. The molecule has 0 bridgehead atoms. The van der Waals surface area contributed by atoms with Gasteiger partial charge < -0.3 is 14.2 Å². The molecule has 1 saturated heterocycles. The summed E-state index contributed by atoms with van der Waals surface area (Å²) in [6, 6.07) is 10.1. The van der Waals surface area contributed by atoms with Crippen LogP contribution in [0, 0.1) is 0 Å². The molecule has 5 nitrogen and oxygen atoms in total. The van der Waals surface area contributed by atoms with Crippen LogP contribution in [0.3, 0.4) is 0 Å². The predicted octanol–water partition coefficient (Wildman–Crippen LogP) is 1.40. The summed E-state index contributed by atoms with van der Waals surface area (Å²) in [4.78, 5) is 18.4. The second-order valence-electron chi connectivity index (χ2n) is 4.80. The van der Waals surface area contributed by atoms with E-state index in [-0.39, 0.29) is 5.91 Å². The van der Waals surface area contributed by atoms with E-state index >= 15 is 0 Å². The van der Waals surface area contributed by atoms with Crippen molar-refractivity contribution in [1.82, 2.24) is 14.5 Å². The van der Waals surface area contributed by atoms with Crippen molar-refractivity contribution >= 4 is 5.91 Å². The van der Waals surface area contributed by atoms with E-state index in [2.05, 4.69) is 4.98 Å². The normalized spacial score (nSPS) is 15.3. The van der Waals surface area contributed by atoms with Crippen LogP contribution in [-0.4, -0.2) is 46.7 Å². The lowest BCUT2D eigenvalue weighted by Gasteiger charge is -2.27. The van der Waals surface area contributed by atoms with E-state index in [1.54, 1.807) is 12.5 Å². The molecule has 0 aliphatic carbocycles. The molecular weight excluding hydrogens is 254 g/mol. The second kappa shape index (κ2) is 5.88. The van der Waals surface area contributed by atoms with E-state index in [4.69, 9.17) is 4.74 Å². The van der Waals surface area contributed by atoms with E-state index in [0.29, 0.717) is 38.5 Å². The number of amides is 1. The lowest BCUT2D eigenvalue weighted by atomic mass is 10.2. The van der Waals surface area contributed by atoms with Crippen LogP contribution >= 0.6 is 0 Å². The van der Waals surface area contributed by atoms with Gasteiger partial charge in [-0.3, -0.25) is 4.79 Å². The molecule has 0 N–H and O–H groups in total. The summed E-state index contributed by atoms with van der Waals surface area (Å²) >= 11 is 0. The molecule has 104 valence electrons. The van der Waals surface area contributed by atoms with Gasteiger partial charge in [-0.05, 0) is 5.56 Å². The first kappa shape index (κ1) is 12.9. The summed E-state index contributed by atoms with van der Waals surface area (Å²) < 4.78 is 7.17. The largest absolute Gasteiger partial charge is 0.378 e. The number of imidazole rings is 1. The highest BCUT2D eigenvalue weighted by Crippen LogP contribution is 2.10. The van der Waals surface area contributed by atoms with Crippen LogP contribution < -0.4 is 0 Å². The molecule has 1 fully saturated rings. The fraction of sp³-hybridized carbons (Fsp3) is 0.333. The highest BCUT2D eigenvalue weighted by molar-refractivity contribution is 5.92. The highest BCUT2D eigenvalue weighted by atomic mass is 16.5. The summed E-state index contributed by atoms with van der Waals surface area (Å²) in [5.74, 6) is 0.0294. The Morgan fingerprint density at radius 3 is 2.70 bits per heavy atom. The average molecular weight is 271 g/mol. The minimum atomic E-state index is 0.0294. The molecule has 20 heavy (non-hydrogen) atoms. The van der Waals surface area contributed by atoms with Gasteiger partial charge in [0.25, 0.3) is 5.91 Å². The lowest BCUT2D eigenvalue weighted by molar-refractivity contribution is 0.0296. The van der Waals surface area contributed by atoms with Crippen molar-refractivity contribution in [2.45, 2.75) is 6.54 Å². The van der Waals surface area contributed by atoms with Crippen molar-refractivity contribution < 1.29 is 9.53 Å². The number of hydrogen-bond acceptors (Lipinski definition) is 3. The Labute approximate surface area is 117 Å². The number of aromatic nitrogens is 2. The molecule has 2 heterocycles. The second-order valence-corrected chi connectivity index (χ2v) is 4.80. The maximum Gasteiger partial charge on any atom is 0.272 e. The van der Waals surface area contributed by atoms with E-state index in [1.165, 1.54) is 0 Å². The quantitative estimate of drug-likeness (QED) is 0.848. The van der Waals surface area contributed by atoms with Crippen molar-refractivity contribution in [1.29, 1.82) is 0 Å². The van der Waals surface area contributed by atoms with Crippen molar-refractivity contribution in [3.63, 3.8) is 0 Å². The standard InChI is InChI=1S/C15H17N3O2/c19-15(17-6-8-20-9-7-17)14-10-16-12-18(14)11-13-4-2-1-3-5-13/h1-5,10,12H,6-9,11H2. The Morgan fingerprint density at radius 1 is 1.20 bits per heavy atom. The molecule has 1 aliphatic rings. The number of benzene rings is 1. The van der Waals surface area contributed by atoms with Gasteiger partial charge in [-0.2, -0.15) is 0 Å². The molecule has 1 aromatic heterocycles. The third-order valence-electron chi connectivity index (χ3n) is 3.43. The molecule has 1 aliphatic heterocycles. The number of nitrogens with zero attached hydrogens (tertiary/aromatic N) is 3. The Balaban J connectivity index is 1.77. The third-order valence-corrected chi connectivity index (χ3v) is 3.43. The van der Waals surface area contributed by atoms with Crippen LogP contribution in [0.5, 0.6) is 0 Å². The zero-order valence-electron chi connectivity index (χ0n) is 11.2. The van der Waals surface area contributed by atoms with Crippen LogP contribution in [0.25, 0.3) is 0 Å². The van der Waals surface area contributed by atoms with Crippen LogP contribution in [-0.2, 0) is 11.3 Å². The Kier molecular flexibility index (Phi) is 3.78. The van der Waals surface area contributed by atoms with E-state index < -0.39 is 0 Å². The topological polar surface area (TPSA) is 47.4 Å². The van der Waals surface area contributed by atoms with Crippen molar-refractivity contribution in [3.05, 3.63) is 54.1 Å². The average Bonchev–Trinajstić information content (AvgIpc) is 2.96. The summed E-state index contributed by atoms with van der Waals surface area (Å²) in [7, 11) is 0. The van der Waals surface area contributed by atoms with Crippen molar-refractivity contribution in [2.75, 3.05) is 26.3 Å². The first-order chi connectivity index (χ1) is 9.84. The van der Waals surface area contributed by atoms with Gasteiger partial charge >= 0.3 is 0 Å². The van der Waals surface area contributed by atoms with Gasteiger partial charge in [0.2, 0.25) is 0 Å². The first-order valence-electron chi connectivity index (χ1n) is 6.75. The van der Waals surface area contributed by atoms with Gasteiger partial charge in [0.1, 0.15) is 5.69 Å². The van der Waals surface area contributed by atoms with Crippen molar-refractivity contribution in [3.8, 4) is 0 Å². The van der Waals surface area contributed by atoms with Crippen molar-refractivity contribution in [2.24, 2.45) is 0 Å². The fourth-order valence-electron chi connectivity index (χ4n) is 2.33. The molecule has 2 aromatic rings. The lowest BCUT2D eigenvalue weighted by Crippen LogP contribution is -2.41. The van der Waals surface area contributed by atoms with Gasteiger partial charge in [-0.25, -0.2) is 4.98 Å². The van der Waals surface area contributed by atoms with Gasteiger partial charge in [0.15, 0.2) is 0 Å². The molecule has 5 heteroatoms. The molecule has 0 spiro atoms. The maximum absolute atomic E-state index is 12.5. The fourth-order valence-corrected chi connectivity index (χ4v) is 2.33. The van der Waals surface area contributed by atoms with E-state index in [0.717, 1.165) is 5.56 Å². The summed E-state index contributed by atoms with van der Waals surface area (Å²) in [5.41, 5.74) is 1.79. The monoisotopic (exact) mass is 271 g/mol. The molecule has 3 rings (SSSR count). The SMILES string of the molecule is O=C(c1cncn1Cc1ccccc1)N1CCOCC1. The molecule has 1 amide bonds. The molecule has 0 saturated carbocycles. The first-order valence-corrected chi connectivity index (χ1v) is 6.75. The van der Waals surface area contributed by atoms with Gasteiger partial charge in [-0.1, -0.05) is 30.3 Å². The molecular formula is C15H17N3O2. The highest BCUT2D eigenvalue weighted by Gasteiger charge is 2.21. The van der Waals surface area contributed by atoms with Crippen LogP contribution in [0.4, 0.5) is 0 Å². The van der Waals surface area contributed by atoms with E-state index in [9.17, 15) is 4.79 Å². The molecule has 0 unspecified atom stereocenters. The van der Waals surface area contributed by atoms with E-state index in [1.807, 2.05) is 39.8 Å². The van der Waals surface area contributed by atoms with Gasteiger partial charge in [0, 0.05) is 19.6 Å². The number of carbonyl (C=O) groups excluding carboxylic acids is 1.